The summed E-state index contributed by atoms with van der Waals surface area (Å²) in [6.07, 6.45) is -13.4. The van der Waals surface area contributed by atoms with E-state index in [0.29, 0.717) is 0 Å². The number of aliphatic hydroxyl groups is 1. The highest BCUT2D eigenvalue weighted by Gasteiger charge is 2.48. The Morgan fingerprint density at radius 2 is 1.40 bits per heavy atom. The third-order valence-electron chi connectivity index (χ3n) is 3.94. The Morgan fingerprint density at radius 1 is 0.920 bits per heavy atom. The summed E-state index contributed by atoms with van der Waals surface area (Å²) in [4.78, 5) is 11.8. The van der Waals surface area contributed by atoms with Crippen molar-refractivity contribution in [1.82, 2.24) is 0 Å². The molecule has 0 heterocycles. The number of hydrogen-bond donors (Lipinski definition) is 1. The van der Waals surface area contributed by atoms with E-state index >= 15 is 0 Å². The zero-order valence-electron chi connectivity index (χ0n) is 15.0. The highest BCUT2D eigenvalue weighted by molar-refractivity contribution is 5.73. The summed E-state index contributed by atoms with van der Waals surface area (Å²) in [6.45, 7) is 7.28. The van der Waals surface area contributed by atoms with Crippen molar-refractivity contribution in [2.75, 3.05) is 0 Å². The molecule has 0 fully saturated rings. The molecule has 0 rings (SSSR count). The summed E-state index contributed by atoms with van der Waals surface area (Å²) in [5.41, 5.74) is -1.08. The molecule has 0 aliphatic carbocycles. The summed E-state index contributed by atoms with van der Waals surface area (Å²) in [5, 5.41) is 8.96. The van der Waals surface area contributed by atoms with Crippen molar-refractivity contribution in [3.63, 3.8) is 0 Å². The van der Waals surface area contributed by atoms with E-state index in [1.54, 1.807) is 0 Å². The normalized spacial score (nSPS) is 18.4. The first kappa shape index (κ1) is 24.0. The Balaban J connectivity index is 4.87. The van der Waals surface area contributed by atoms with Gasteiger partial charge in [-0.2, -0.15) is 26.3 Å². The molecule has 0 radical (unpaired) electrons. The molecule has 25 heavy (non-hydrogen) atoms. The maximum Gasteiger partial charge on any atom is 0.414 e. The number of aliphatic hydroxyl groups excluding tert-OH is 1. The lowest BCUT2D eigenvalue weighted by Gasteiger charge is -2.29. The predicted octanol–water partition coefficient (Wildman–Crippen LogP) is 4.87. The number of rotatable bonds is 7. The number of carbonyl (C=O) groups excluding carboxylic acids is 1. The molecule has 4 unspecified atom stereocenters. The molecule has 150 valence electrons. The second-order valence-corrected chi connectivity index (χ2v) is 7.45. The van der Waals surface area contributed by atoms with Gasteiger partial charge in [-0.25, -0.2) is 0 Å². The molecule has 0 aromatic carbocycles. The molecule has 0 bridgehead atoms. The van der Waals surface area contributed by atoms with Crippen LogP contribution in [0.3, 0.4) is 0 Å². The van der Waals surface area contributed by atoms with Gasteiger partial charge in [0.15, 0.2) is 5.92 Å². The van der Waals surface area contributed by atoms with Gasteiger partial charge in [-0.05, 0) is 51.9 Å². The first-order chi connectivity index (χ1) is 10.9. The van der Waals surface area contributed by atoms with Crippen molar-refractivity contribution in [1.29, 1.82) is 0 Å². The van der Waals surface area contributed by atoms with Crippen LogP contribution in [0.4, 0.5) is 26.3 Å². The number of carbonyl (C=O) groups is 1. The van der Waals surface area contributed by atoms with Gasteiger partial charge in [0.2, 0.25) is 0 Å². The summed E-state index contributed by atoms with van der Waals surface area (Å²) >= 11 is 0. The minimum absolute atomic E-state index is 0.110. The summed E-state index contributed by atoms with van der Waals surface area (Å²) in [6, 6.07) is 0. The summed E-state index contributed by atoms with van der Waals surface area (Å²) < 4.78 is 81.1. The molecule has 0 aliphatic heterocycles. The molecule has 1 N–H and O–H groups in total. The average Bonchev–Trinajstić information content (AvgIpc) is 2.36. The van der Waals surface area contributed by atoms with E-state index in [2.05, 4.69) is 0 Å². The SMILES string of the molecule is CC(CCC(O)C(F)(F)F)C(C)CC(C(=O)OC(C)(C)C)C(F)(F)F. The van der Waals surface area contributed by atoms with Crippen LogP contribution in [0.5, 0.6) is 0 Å². The minimum Gasteiger partial charge on any atom is -0.459 e. The number of esters is 1. The van der Waals surface area contributed by atoms with Gasteiger partial charge in [0.1, 0.15) is 11.7 Å². The maximum absolute atomic E-state index is 13.2. The molecule has 0 saturated carbocycles. The second-order valence-electron chi connectivity index (χ2n) is 7.45. The van der Waals surface area contributed by atoms with Crippen LogP contribution < -0.4 is 0 Å². The van der Waals surface area contributed by atoms with E-state index in [1.165, 1.54) is 34.6 Å². The summed E-state index contributed by atoms with van der Waals surface area (Å²) in [7, 11) is 0. The highest BCUT2D eigenvalue weighted by Crippen LogP contribution is 2.36. The van der Waals surface area contributed by atoms with Crippen molar-refractivity contribution < 1.29 is 41.0 Å². The van der Waals surface area contributed by atoms with Crippen LogP contribution in [0.25, 0.3) is 0 Å². The topological polar surface area (TPSA) is 46.5 Å². The van der Waals surface area contributed by atoms with Crippen LogP contribution in [-0.4, -0.2) is 35.1 Å². The Bertz CT molecular complexity index is 425. The van der Waals surface area contributed by atoms with Gasteiger partial charge in [-0.15, -0.1) is 0 Å². The molecular formula is C16H26F6O3. The van der Waals surface area contributed by atoms with Crippen LogP contribution in [0, 0.1) is 17.8 Å². The van der Waals surface area contributed by atoms with Gasteiger partial charge in [-0.1, -0.05) is 13.8 Å². The molecule has 0 aromatic rings. The van der Waals surface area contributed by atoms with Gasteiger partial charge in [-0.3, -0.25) is 4.79 Å². The largest absolute Gasteiger partial charge is 0.459 e. The monoisotopic (exact) mass is 380 g/mol. The second kappa shape index (κ2) is 8.60. The van der Waals surface area contributed by atoms with Gasteiger partial charge < -0.3 is 9.84 Å². The summed E-state index contributed by atoms with van der Waals surface area (Å²) in [5.74, 6) is -4.95. The minimum atomic E-state index is -4.80. The van der Waals surface area contributed by atoms with Gasteiger partial charge in [0.25, 0.3) is 0 Å². The van der Waals surface area contributed by atoms with E-state index in [9.17, 15) is 31.1 Å². The molecule has 0 saturated heterocycles. The standard InChI is InChI=1S/C16H26F6O3/c1-9(6-7-12(23)16(20,21)22)10(2)8-11(15(17,18)19)13(24)25-14(3,4)5/h9-12,23H,6-8H2,1-5H3. The molecule has 0 amide bonds. The van der Waals surface area contributed by atoms with Gasteiger partial charge in [0.05, 0.1) is 0 Å². The lowest BCUT2D eigenvalue weighted by molar-refractivity contribution is -0.208. The molecule has 4 atom stereocenters. The van der Waals surface area contributed by atoms with E-state index in [1.807, 2.05) is 0 Å². The van der Waals surface area contributed by atoms with Crippen LogP contribution >= 0.6 is 0 Å². The van der Waals surface area contributed by atoms with E-state index in [-0.39, 0.29) is 6.42 Å². The molecule has 3 nitrogen and oxygen atoms in total. The Morgan fingerprint density at radius 3 is 1.76 bits per heavy atom. The van der Waals surface area contributed by atoms with Gasteiger partial charge >= 0.3 is 18.3 Å². The van der Waals surface area contributed by atoms with E-state index in [4.69, 9.17) is 9.84 Å². The predicted molar refractivity (Wildman–Crippen MR) is 79.6 cm³/mol. The molecule has 0 aliphatic rings. The molecule has 9 heteroatoms. The third-order valence-corrected chi connectivity index (χ3v) is 3.94. The Kier molecular flexibility index (Phi) is 8.26. The van der Waals surface area contributed by atoms with Crippen molar-refractivity contribution in [2.45, 2.75) is 77.9 Å². The van der Waals surface area contributed by atoms with Crippen LogP contribution in [0.1, 0.15) is 53.9 Å². The Hall–Kier alpha value is -0.990. The fourth-order valence-electron chi connectivity index (χ4n) is 2.21. The highest BCUT2D eigenvalue weighted by atomic mass is 19.4. The first-order valence-corrected chi connectivity index (χ1v) is 7.99. The smallest absolute Gasteiger partial charge is 0.414 e. The number of halogens is 6. The molecule has 0 spiro atoms. The zero-order chi connectivity index (χ0) is 20.2. The van der Waals surface area contributed by atoms with E-state index in [0.717, 1.165) is 0 Å². The van der Waals surface area contributed by atoms with Crippen molar-refractivity contribution >= 4 is 5.97 Å². The fourth-order valence-corrected chi connectivity index (χ4v) is 2.21. The maximum atomic E-state index is 13.2. The van der Waals surface area contributed by atoms with Crippen LogP contribution in [0.15, 0.2) is 0 Å². The Labute approximate surface area is 143 Å². The van der Waals surface area contributed by atoms with Gasteiger partial charge in [0, 0.05) is 0 Å². The number of alkyl halides is 6. The number of hydrogen-bond acceptors (Lipinski definition) is 3. The first-order valence-electron chi connectivity index (χ1n) is 7.99. The van der Waals surface area contributed by atoms with Crippen molar-refractivity contribution in [2.24, 2.45) is 17.8 Å². The van der Waals surface area contributed by atoms with E-state index < -0.39 is 60.6 Å². The van der Waals surface area contributed by atoms with Crippen molar-refractivity contribution in [3.05, 3.63) is 0 Å². The molecular weight excluding hydrogens is 354 g/mol. The van der Waals surface area contributed by atoms with Crippen LogP contribution in [-0.2, 0) is 9.53 Å². The fraction of sp³-hybridized carbons (Fsp3) is 0.938. The lowest BCUT2D eigenvalue weighted by atomic mass is 9.83. The zero-order valence-corrected chi connectivity index (χ0v) is 15.0. The quantitative estimate of drug-likeness (QED) is 0.506. The third kappa shape index (κ3) is 9.32. The lowest BCUT2D eigenvalue weighted by Crippen LogP contribution is -2.38. The van der Waals surface area contributed by atoms with Crippen molar-refractivity contribution in [3.8, 4) is 0 Å². The van der Waals surface area contributed by atoms with Crippen LogP contribution in [0.2, 0.25) is 0 Å². The average molecular weight is 380 g/mol. The molecule has 0 aromatic heterocycles. The number of ether oxygens (including phenoxy) is 1.